The van der Waals surface area contributed by atoms with E-state index in [1.165, 1.54) is 6.42 Å². The number of hydrogen-bond acceptors (Lipinski definition) is 5. The molecule has 96 valence electrons. The van der Waals surface area contributed by atoms with Gasteiger partial charge in [-0.15, -0.1) is 0 Å². The Balaban J connectivity index is 1.95. The summed E-state index contributed by atoms with van der Waals surface area (Å²) in [5.41, 5.74) is 0.269. The molecule has 0 amide bonds. The minimum absolute atomic E-state index is 0.460. The maximum Gasteiger partial charge on any atom is 0.247 e. The third-order valence-corrected chi connectivity index (χ3v) is 3.70. The van der Waals surface area contributed by atoms with Gasteiger partial charge in [0.2, 0.25) is 11.7 Å². The van der Waals surface area contributed by atoms with Gasteiger partial charge in [0.05, 0.1) is 6.07 Å². The van der Waals surface area contributed by atoms with Crippen LogP contribution in [0.1, 0.15) is 38.0 Å². The van der Waals surface area contributed by atoms with Gasteiger partial charge < -0.3 is 4.52 Å². The molecule has 0 radical (unpaired) electrons. The van der Waals surface area contributed by atoms with Crippen LogP contribution in [0.5, 0.6) is 0 Å². The van der Waals surface area contributed by atoms with E-state index in [4.69, 9.17) is 4.52 Å². The van der Waals surface area contributed by atoms with Crippen LogP contribution in [-0.4, -0.2) is 15.1 Å². The molecule has 1 aliphatic carbocycles. The van der Waals surface area contributed by atoms with E-state index in [0.29, 0.717) is 11.7 Å². The van der Waals surface area contributed by atoms with Crippen molar-refractivity contribution in [1.82, 2.24) is 15.1 Å². The molecule has 0 atom stereocenters. The Morgan fingerprint density at radius 1 is 1.16 bits per heavy atom. The van der Waals surface area contributed by atoms with Crippen LogP contribution in [-0.2, 0) is 5.41 Å². The zero-order valence-corrected chi connectivity index (χ0v) is 10.5. The molecule has 0 spiro atoms. The van der Waals surface area contributed by atoms with Crippen molar-refractivity contribution in [2.45, 2.75) is 37.5 Å². The number of pyridine rings is 1. The highest BCUT2D eigenvalue weighted by atomic mass is 16.5. The van der Waals surface area contributed by atoms with E-state index in [1.54, 1.807) is 12.4 Å². The van der Waals surface area contributed by atoms with E-state index in [-0.39, 0.29) is 0 Å². The fourth-order valence-electron chi connectivity index (χ4n) is 2.56. The van der Waals surface area contributed by atoms with Gasteiger partial charge in [-0.1, -0.05) is 24.4 Å². The summed E-state index contributed by atoms with van der Waals surface area (Å²) < 4.78 is 5.35. The maximum absolute atomic E-state index is 9.49. The van der Waals surface area contributed by atoms with Gasteiger partial charge in [0.25, 0.3) is 0 Å². The Bertz CT molecular complexity index is 593. The van der Waals surface area contributed by atoms with Gasteiger partial charge in [-0.3, -0.25) is 4.98 Å². The average molecular weight is 254 g/mol. The molecule has 0 N–H and O–H groups in total. The molecule has 1 fully saturated rings. The molecule has 2 aromatic rings. The molecule has 0 aromatic carbocycles. The molecule has 5 heteroatoms. The van der Waals surface area contributed by atoms with Gasteiger partial charge in [-0.2, -0.15) is 10.2 Å². The predicted molar refractivity (Wildman–Crippen MR) is 67.9 cm³/mol. The predicted octanol–water partition coefficient (Wildman–Crippen LogP) is 2.86. The lowest BCUT2D eigenvalue weighted by atomic mass is 9.75. The van der Waals surface area contributed by atoms with Gasteiger partial charge in [0.1, 0.15) is 5.41 Å². The second kappa shape index (κ2) is 4.81. The Morgan fingerprint density at radius 2 is 1.89 bits per heavy atom. The molecule has 3 rings (SSSR count). The summed E-state index contributed by atoms with van der Waals surface area (Å²) >= 11 is 0. The van der Waals surface area contributed by atoms with E-state index < -0.39 is 5.41 Å². The van der Waals surface area contributed by atoms with Crippen LogP contribution in [0.3, 0.4) is 0 Å². The van der Waals surface area contributed by atoms with Crippen molar-refractivity contribution < 1.29 is 4.52 Å². The highest BCUT2D eigenvalue weighted by Crippen LogP contribution is 2.38. The Labute approximate surface area is 111 Å². The van der Waals surface area contributed by atoms with Crippen molar-refractivity contribution >= 4 is 0 Å². The van der Waals surface area contributed by atoms with Gasteiger partial charge >= 0.3 is 0 Å². The zero-order valence-electron chi connectivity index (χ0n) is 10.5. The van der Waals surface area contributed by atoms with Gasteiger partial charge in [-0.05, 0) is 25.0 Å². The maximum atomic E-state index is 9.49. The van der Waals surface area contributed by atoms with Crippen LogP contribution in [0.4, 0.5) is 0 Å². The van der Waals surface area contributed by atoms with Crippen molar-refractivity contribution in [3.8, 4) is 17.5 Å². The summed E-state index contributed by atoms with van der Waals surface area (Å²) in [7, 11) is 0. The van der Waals surface area contributed by atoms with Gasteiger partial charge in [-0.25, -0.2) is 0 Å². The number of rotatable bonds is 2. The Hall–Kier alpha value is -2.22. The van der Waals surface area contributed by atoms with Crippen LogP contribution in [0.2, 0.25) is 0 Å². The topological polar surface area (TPSA) is 75.6 Å². The second-order valence-electron chi connectivity index (χ2n) is 4.91. The van der Waals surface area contributed by atoms with E-state index >= 15 is 0 Å². The number of aromatic nitrogens is 3. The SMILES string of the molecule is N#CC1(c2nc(-c3ccncc3)no2)CCCCC1. The normalized spacial score (nSPS) is 17.8. The van der Waals surface area contributed by atoms with Crippen molar-refractivity contribution in [2.75, 3.05) is 0 Å². The molecule has 2 aromatic heterocycles. The summed E-state index contributed by atoms with van der Waals surface area (Å²) in [6.07, 6.45) is 8.25. The first kappa shape index (κ1) is 11.8. The lowest BCUT2D eigenvalue weighted by molar-refractivity contribution is 0.264. The number of hydrogen-bond donors (Lipinski definition) is 0. The lowest BCUT2D eigenvalue weighted by Crippen LogP contribution is -2.27. The Morgan fingerprint density at radius 3 is 2.58 bits per heavy atom. The monoisotopic (exact) mass is 254 g/mol. The minimum Gasteiger partial charge on any atom is -0.337 e. The first-order valence-electron chi connectivity index (χ1n) is 6.50. The smallest absolute Gasteiger partial charge is 0.247 e. The summed E-state index contributed by atoms with van der Waals surface area (Å²) in [6, 6.07) is 6.05. The van der Waals surface area contributed by atoms with Crippen molar-refractivity contribution in [3.05, 3.63) is 30.4 Å². The van der Waals surface area contributed by atoms with Crippen LogP contribution in [0.25, 0.3) is 11.4 Å². The molecule has 0 saturated heterocycles. The van der Waals surface area contributed by atoms with Crippen LogP contribution in [0.15, 0.2) is 29.0 Å². The largest absolute Gasteiger partial charge is 0.337 e. The fourth-order valence-corrected chi connectivity index (χ4v) is 2.56. The number of nitrogens with zero attached hydrogens (tertiary/aromatic N) is 4. The van der Waals surface area contributed by atoms with Crippen LogP contribution in [0, 0.1) is 11.3 Å². The average Bonchev–Trinajstić information content (AvgIpc) is 2.99. The van der Waals surface area contributed by atoms with Crippen LogP contribution < -0.4 is 0 Å². The van der Waals surface area contributed by atoms with E-state index in [2.05, 4.69) is 21.2 Å². The third-order valence-electron chi connectivity index (χ3n) is 3.70. The second-order valence-corrected chi connectivity index (χ2v) is 4.91. The van der Waals surface area contributed by atoms with E-state index in [1.807, 2.05) is 12.1 Å². The molecule has 0 unspecified atom stereocenters. The summed E-state index contributed by atoms with van der Waals surface area (Å²) in [6.45, 7) is 0. The summed E-state index contributed by atoms with van der Waals surface area (Å²) in [5, 5.41) is 13.5. The van der Waals surface area contributed by atoms with Crippen molar-refractivity contribution in [2.24, 2.45) is 0 Å². The molecule has 0 bridgehead atoms. The fraction of sp³-hybridized carbons (Fsp3) is 0.429. The molecule has 0 aliphatic heterocycles. The van der Waals surface area contributed by atoms with E-state index in [0.717, 1.165) is 31.2 Å². The molecule has 1 saturated carbocycles. The standard InChI is InChI=1S/C14H14N4O/c15-10-14(6-2-1-3-7-14)13-17-12(18-19-13)11-4-8-16-9-5-11/h4-5,8-9H,1-3,6-7H2. The highest BCUT2D eigenvalue weighted by molar-refractivity contribution is 5.52. The quantitative estimate of drug-likeness (QED) is 0.823. The molecular formula is C14H14N4O. The molecular weight excluding hydrogens is 240 g/mol. The van der Waals surface area contributed by atoms with Crippen LogP contribution >= 0.6 is 0 Å². The first-order chi connectivity index (χ1) is 9.34. The molecule has 19 heavy (non-hydrogen) atoms. The Kier molecular flexibility index (Phi) is 3.00. The summed E-state index contributed by atoms with van der Waals surface area (Å²) in [5.74, 6) is 0.985. The first-order valence-corrected chi connectivity index (χ1v) is 6.50. The molecule has 1 aliphatic rings. The highest BCUT2D eigenvalue weighted by Gasteiger charge is 2.39. The lowest BCUT2D eigenvalue weighted by Gasteiger charge is -2.26. The number of nitriles is 1. The molecule has 2 heterocycles. The van der Waals surface area contributed by atoms with Gasteiger partial charge in [0, 0.05) is 18.0 Å². The summed E-state index contributed by atoms with van der Waals surface area (Å²) in [4.78, 5) is 8.38. The van der Waals surface area contributed by atoms with Crippen molar-refractivity contribution in [1.29, 1.82) is 5.26 Å². The van der Waals surface area contributed by atoms with Gasteiger partial charge in [0.15, 0.2) is 0 Å². The minimum atomic E-state index is -0.587. The van der Waals surface area contributed by atoms with Crippen molar-refractivity contribution in [3.63, 3.8) is 0 Å². The third kappa shape index (κ3) is 2.10. The van der Waals surface area contributed by atoms with E-state index in [9.17, 15) is 5.26 Å². The zero-order chi connectivity index (χ0) is 13.1. The molecule has 5 nitrogen and oxygen atoms in total.